The Morgan fingerprint density at radius 2 is 1.34 bits per heavy atom. The number of aliphatic carboxylic acids is 1. The molecular weight excluding hydrogens is 1010 g/mol. The number of imidazole rings is 2. The molecule has 0 aliphatic carbocycles. The van der Waals surface area contributed by atoms with Crippen molar-refractivity contribution in [2.45, 2.75) is 84.4 Å². The monoisotopic (exact) mass is 1070 g/mol. The fraction of sp³-hybridized carbons (Fsp3) is 0.388. The Bertz CT molecular complexity index is 3300. The van der Waals surface area contributed by atoms with Gasteiger partial charge in [-0.15, -0.1) is 11.8 Å². The van der Waals surface area contributed by atoms with E-state index >= 15 is 0 Å². The van der Waals surface area contributed by atoms with Gasteiger partial charge in [-0.05, 0) is 70.5 Å². The van der Waals surface area contributed by atoms with E-state index in [1.807, 2.05) is 13.8 Å². The van der Waals surface area contributed by atoms with Crippen LogP contribution in [0.15, 0.2) is 48.6 Å². The highest BCUT2D eigenvalue weighted by molar-refractivity contribution is 8.00. The second-order valence-corrected chi connectivity index (χ2v) is 18.9. The number of aryl methyl sites for hydroxylation is 4. The molecule has 6 aromatic rings. The number of aromatic nitrogens is 8. The zero-order valence-electron chi connectivity index (χ0n) is 42.7. The largest absolute Gasteiger partial charge is 0.494 e. The molecule has 0 bridgehead atoms. The maximum atomic E-state index is 13.9. The molecule has 4 aromatic heterocycles. The highest BCUT2D eigenvalue weighted by atomic mass is 32.2. The minimum Gasteiger partial charge on any atom is -0.494 e. The summed E-state index contributed by atoms with van der Waals surface area (Å²) in [6.45, 7) is 8.28. The third kappa shape index (κ3) is 12.2. The number of imide groups is 1. The Morgan fingerprint density at radius 1 is 0.829 bits per heavy atom. The van der Waals surface area contributed by atoms with E-state index in [-0.39, 0.29) is 109 Å². The fourth-order valence-electron chi connectivity index (χ4n) is 8.50. The first kappa shape index (κ1) is 55.2. The number of fused-ring (bicyclic) bond motifs is 2. The number of nitrogens with two attached hydrogens (primary N) is 3. The minimum absolute atomic E-state index is 0.0210. The molecule has 7 rings (SSSR count). The lowest BCUT2D eigenvalue weighted by Crippen LogP contribution is -2.37. The highest BCUT2D eigenvalue weighted by Crippen LogP contribution is 2.34. The summed E-state index contributed by atoms with van der Waals surface area (Å²) in [7, 11) is 2.99. The van der Waals surface area contributed by atoms with E-state index in [0.717, 1.165) is 16.7 Å². The van der Waals surface area contributed by atoms with E-state index in [1.165, 1.54) is 36.3 Å². The van der Waals surface area contributed by atoms with Gasteiger partial charge in [0.15, 0.2) is 0 Å². The number of carbonyl (C=O) groups is 8. The molecule has 9 N–H and O–H groups in total. The van der Waals surface area contributed by atoms with E-state index in [9.17, 15) is 38.4 Å². The SMILES string of the molecule is CCn1nc(C)cc1C(=O)Nc1nc2cc(C(N)=O)cc(OC)c2n1C/C=C/Cn1c(NC(=O)c2cc(C)nn2CC)nc2cc(C(N)=O)cc(OCCCN(C)C(=O)CCN3C(=O)CC(SC[C@H](N)C(=O)O)C3=O)c21. The van der Waals surface area contributed by atoms with Crippen LogP contribution in [0.4, 0.5) is 11.9 Å². The third-order valence-corrected chi connectivity index (χ3v) is 13.7. The smallest absolute Gasteiger partial charge is 0.321 e. The number of carboxylic acids is 1. The molecule has 0 radical (unpaired) electrons. The molecular formula is C49H59N15O11S. The van der Waals surface area contributed by atoms with Crippen molar-refractivity contribution in [3.63, 3.8) is 0 Å². The topological polar surface area (TPSA) is 355 Å². The molecule has 26 nitrogen and oxygen atoms in total. The van der Waals surface area contributed by atoms with Gasteiger partial charge in [0.25, 0.3) is 11.8 Å². The molecule has 27 heteroatoms. The number of hydrogen-bond acceptors (Lipinski definition) is 16. The van der Waals surface area contributed by atoms with Gasteiger partial charge < -0.3 is 45.8 Å². The van der Waals surface area contributed by atoms with Crippen molar-refractivity contribution in [2.75, 3.05) is 50.2 Å². The van der Waals surface area contributed by atoms with Crippen LogP contribution in [0.25, 0.3) is 22.1 Å². The number of nitrogens with zero attached hydrogens (tertiary/aromatic N) is 10. The molecule has 2 atom stereocenters. The van der Waals surface area contributed by atoms with Crippen LogP contribution < -0.4 is 37.3 Å². The lowest BCUT2D eigenvalue weighted by atomic mass is 10.1. The van der Waals surface area contributed by atoms with Crippen LogP contribution in [-0.2, 0) is 45.4 Å². The zero-order valence-corrected chi connectivity index (χ0v) is 43.5. The van der Waals surface area contributed by atoms with Crippen LogP contribution in [0.1, 0.15) is 86.2 Å². The number of carboxylic acid groups (broad SMARTS) is 1. The maximum Gasteiger partial charge on any atom is 0.321 e. The Morgan fingerprint density at radius 3 is 1.83 bits per heavy atom. The van der Waals surface area contributed by atoms with Gasteiger partial charge in [0.05, 0.1) is 41.4 Å². The first-order valence-corrected chi connectivity index (χ1v) is 25.2. The standard InChI is InChI=1S/C49H59N15O11S/c1-7-63-33(18-26(3)57-63)44(69)55-48-53-31-20-28(42(51)67)22-35(74-6)40(31)61(48)14-9-10-15-62-41-32(54-49(62)56-45(70)34-19-27(4)58-64(34)8-2)21-29(43(52)68)23-36(41)75-17-11-13-59(5)38(65)12-16-60-39(66)24-37(46(60)71)76-25-30(50)47(72)73/h9-10,18-23,30,37H,7-8,11-17,24-25,50H2,1-6H3,(H2,51,67)(H2,52,68)(H,72,73)(H,53,55,69)(H,54,56,70)/b10-9+/t30-,37?/m0/s1. The number of carbonyl (C=O) groups excluding carboxylic acids is 7. The van der Waals surface area contributed by atoms with Crippen molar-refractivity contribution in [1.82, 2.24) is 48.5 Å². The minimum atomic E-state index is -1.22. The van der Waals surface area contributed by atoms with Crippen LogP contribution in [-0.4, -0.2) is 152 Å². The molecule has 1 saturated heterocycles. The molecule has 5 heterocycles. The lowest BCUT2D eigenvalue weighted by Gasteiger charge is -2.20. The van der Waals surface area contributed by atoms with Crippen LogP contribution in [0.3, 0.4) is 0 Å². The molecule has 1 aliphatic heterocycles. The second kappa shape index (κ2) is 23.7. The van der Waals surface area contributed by atoms with Crippen molar-refractivity contribution in [3.8, 4) is 11.5 Å². The van der Waals surface area contributed by atoms with Crippen molar-refractivity contribution >= 4 is 93.0 Å². The number of thioether (sulfide) groups is 1. The molecule has 76 heavy (non-hydrogen) atoms. The predicted molar refractivity (Wildman–Crippen MR) is 279 cm³/mol. The average Bonchev–Trinajstić information content (AvgIpc) is 4.20. The van der Waals surface area contributed by atoms with Crippen LogP contribution in [0.2, 0.25) is 0 Å². The van der Waals surface area contributed by atoms with Crippen molar-refractivity contribution in [2.24, 2.45) is 17.2 Å². The molecule has 7 amide bonds. The van der Waals surface area contributed by atoms with Crippen LogP contribution >= 0.6 is 11.8 Å². The average molecular weight is 1070 g/mol. The number of anilines is 2. The normalized spacial score (nSPS) is 14.0. The van der Waals surface area contributed by atoms with Gasteiger partial charge >= 0.3 is 5.97 Å². The summed E-state index contributed by atoms with van der Waals surface area (Å²) < 4.78 is 18.5. The quantitative estimate of drug-likeness (QED) is 0.0272. The summed E-state index contributed by atoms with van der Waals surface area (Å²) in [5.74, 6) is -4.42. The molecule has 402 valence electrons. The van der Waals surface area contributed by atoms with Gasteiger partial charge in [-0.25, -0.2) is 9.97 Å². The summed E-state index contributed by atoms with van der Waals surface area (Å²) in [6.07, 6.45) is 3.57. The van der Waals surface area contributed by atoms with E-state index in [1.54, 1.807) is 63.7 Å². The third-order valence-electron chi connectivity index (χ3n) is 12.3. The first-order valence-electron chi connectivity index (χ1n) is 24.1. The summed E-state index contributed by atoms with van der Waals surface area (Å²) in [5, 5.41) is 22.9. The molecule has 1 aliphatic rings. The van der Waals surface area contributed by atoms with E-state index in [0.29, 0.717) is 46.7 Å². The number of ether oxygens (including phenoxy) is 2. The number of benzene rings is 2. The zero-order chi connectivity index (χ0) is 55.1. The van der Waals surface area contributed by atoms with Crippen molar-refractivity contribution in [1.29, 1.82) is 0 Å². The van der Waals surface area contributed by atoms with Crippen molar-refractivity contribution in [3.05, 3.63) is 82.5 Å². The summed E-state index contributed by atoms with van der Waals surface area (Å²) >= 11 is 0.992. The van der Waals surface area contributed by atoms with Crippen LogP contribution in [0, 0.1) is 13.8 Å². The maximum absolute atomic E-state index is 13.9. The second-order valence-electron chi connectivity index (χ2n) is 17.7. The number of allylic oxidation sites excluding steroid dienone is 2. The van der Waals surface area contributed by atoms with Gasteiger partial charge in [0.2, 0.25) is 41.4 Å². The van der Waals surface area contributed by atoms with E-state index in [2.05, 4.69) is 25.8 Å². The van der Waals surface area contributed by atoms with Gasteiger partial charge in [0.1, 0.15) is 40.0 Å². The Balaban J connectivity index is 1.14. The van der Waals surface area contributed by atoms with Gasteiger partial charge in [-0.1, -0.05) is 12.2 Å². The number of likely N-dealkylation sites (tertiary alicyclic amines) is 1. The molecule has 1 fully saturated rings. The Kier molecular flexibility index (Phi) is 17.2. The molecule has 2 aromatic carbocycles. The summed E-state index contributed by atoms with van der Waals surface area (Å²) in [5.41, 5.74) is 20.4. The van der Waals surface area contributed by atoms with E-state index in [4.69, 9.17) is 36.8 Å². The number of methoxy groups -OCH3 is 1. The van der Waals surface area contributed by atoms with Crippen molar-refractivity contribution < 1.29 is 52.9 Å². The number of amides is 7. The molecule has 0 spiro atoms. The number of rotatable bonds is 25. The van der Waals surface area contributed by atoms with Gasteiger partial charge in [-0.2, -0.15) is 10.2 Å². The van der Waals surface area contributed by atoms with Gasteiger partial charge in [0, 0.05) is 76.0 Å². The molecule has 1 unspecified atom stereocenters. The summed E-state index contributed by atoms with van der Waals surface area (Å²) in [4.78, 5) is 114. The number of primary amides is 2. The summed E-state index contributed by atoms with van der Waals surface area (Å²) in [6, 6.07) is 8.01. The Hall–Kier alpha value is -8.59. The Labute approximate surface area is 438 Å². The fourth-order valence-corrected chi connectivity index (χ4v) is 9.61. The predicted octanol–water partition coefficient (Wildman–Crippen LogP) is 2.29. The lowest BCUT2D eigenvalue weighted by molar-refractivity contribution is -0.140. The highest BCUT2D eigenvalue weighted by Gasteiger charge is 2.39. The number of nitrogens with one attached hydrogen (secondary N) is 2. The molecule has 0 saturated carbocycles. The van der Waals surface area contributed by atoms with Crippen LogP contribution in [0.5, 0.6) is 11.5 Å². The number of hydrogen-bond donors (Lipinski definition) is 6. The van der Waals surface area contributed by atoms with E-state index < -0.39 is 52.7 Å². The first-order chi connectivity index (χ1) is 36.2. The van der Waals surface area contributed by atoms with Gasteiger partial charge in [-0.3, -0.25) is 63.3 Å².